The van der Waals surface area contributed by atoms with Gasteiger partial charge in [0.05, 0.1) is 5.60 Å². The number of carbonyl (C=O) groups excluding carboxylic acids is 1. The van der Waals surface area contributed by atoms with Crippen LogP contribution >= 0.6 is 0 Å². The highest BCUT2D eigenvalue weighted by atomic mass is 16.5. The molecule has 0 bridgehead atoms. The average molecular weight is 277 g/mol. The monoisotopic (exact) mass is 277 g/mol. The molecule has 1 atom stereocenters. The van der Waals surface area contributed by atoms with Crippen LogP contribution in [0.25, 0.3) is 0 Å². The molecule has 2 heterocycles. The fourth-order valence-corrected chi connectivity index (χ4v) is 2.55. The predicted octanol–water partition coefficient (Wildman–Crippen LogP) is 2.12. The van der Waals surface area contributed by atoms with Crippen molar-refractivity contribution >= 4 is 11.7 Å². The van der Waals surface area contributed by atoms with Gasteiger partial charge in [0.1, 0.15) is 5.82 Å². The first-order valence-corrected chi connectivity index (χ1v) is 7.01. The van der Waals surface area contributed by atoms with Crippen molar-refractivity contribution in [3.05, 3.63) is 23.4 Å². The van der Waals surface area contributed by atoms with Crippen LogP contribution < -0.4 is 10.6 Å². The third kappa shape index (κ3) is 3.70. The Bertz CT molecular complexity index is 500. The first-order valence-electron chi connectivity index (χ1n) is 7.01. The molecule has 1 fully saturated rings. The Morgan fingerprint density at radius 3 is 2.85 bits per heavy atom. The zero-order chi connectivity index (χ0) is 14.8. The fourth-order valence-electron chi connectivity index (χ4n) is 2.55. The van der Waals surface area contributed by atoms with Crippen LogP contribution in [-0.4, -0.2) is 36.2 Å². The molecule has 1 aliphatic heterocycles. The van der Waals surface area contributed by atoms with Crippen LogP contribution in [0.1, 0.15) is 42.7 Å². The lowest BCUT2D eigenvalue weighted by atomic mass is 9.94. The van der Waals surface area contributed by atoms with E-state index in [1.54, 1.807) is 19.2 Å². The Morgan fingerprint density at radius 2 is 2.20 bits per heavy atom. The van der Waals surface area contributed by atoms with Crippen molar-refractivity contribution in [2.45, 2.75) is 45.3 Å². The molecular weight excluding hydrogens is 254 g/mol. The Hall–Kier alpha value is -1.62. The van der Waals surface area contributed by atoms with Gasteiger partial charge in [0, 0.05) is 31.0 Å². The minimum absolute atomic E-state index is 0.0466. The minimum Gasteiger partial charge on any atom is -0.375 e. The number of aryl methyl sites for hydroxylation is 1. The molecule has 2 rings (SSSR count). The van der Waals surface area contributed by atoms with Gasteiger partial charge in [-0.2, -0.15) is 0 Å². The third-order valence-electron chi connectivity index (χ3n) is 3.50. The number of nitrogens with zero attached hydrogens (tertiary/aromatic N) is 1. The van der Waals surface area contributed by atoms with E-state index >= 15 is 0 Å². The van der Waals surface area contributed by atoms with E-state index in [-0.39, 0.29) is 17.6 Å². The van der Waals surface area contributed by atoms with Gasteiger partial charge in [0.15, 0.2) is 0 Å². The zero-order valence-electron chi connectivity index (χ0n) is 12.6. The summed E-state index contributed by atoms with van der Waals surface area (Å²) in [6.45, 7) is 6.69. The van der Waals surface area contributed by atoms with Gasteiger partial charge in [0.25, 0.3) is 5.91 Å². The van der Waals surface area contributed by atoms with E-state index < -0.39 is 0 Å². The molecule has 0 spiro atoms. The molecule has 5 heteroatoms. The number of rotatable bonds is 3. The van der Waals surface area contributed by atoms with Crippen molar-refractivity contribution in [2.24, 2.45) is 0 Å². The van der Waals surface area contributed by atoms with E-state index in [1.807, 2.05) is 6.92 Å². The molecule has 0 radical (unpaired) electrons. The highest BCUT2D eigenvalue weighted by Gasteiger charge is 2.29. The summed E-state index contributed by atoms with van der Waals surface area (Å²) in [6.07, 6.45) is 1.69. The SMILES string of the molecule is CNc1cc(C(=O)NC2CCOC(C)(C)C2)cc(C)n1. The van der Waals surface area contributed by atoms with Crippen LogP contribution in [0.5, 0.6) is 0 Å². The average Bonchev–Trinajstić information content (AvgIpc) is 2.36. The van der Waals surface area contributed by atoms with Gasteiger partial charge >= 0.3 is 0 Å². The molecule has 1 aliphatic rings. The highest BCUT2D eigenvalue weighted by molar-refractivity contribution is 5.95. The number of aromatic nitrogens is 1. The molecule has 0 aromatic carbocycles. The molecule has 20 heavy (non-hydrogen) atoms. The summed E-state index contributed by atoms with van der Waals surface area (Å²) in [5.41, 5.74) is 1.31. The summed E-state index contributed by atoms with van der Waals surface area (Å²) in [6, 6.07) is 3.74. The number of anilines is 1. The van der Waals surface area contributed by atoms with Crippen LogP contribution in [0.4, 0.5) is 5.82 Å². The standard InChI is InChI=1S/C15H23N3O2/c1-10-7-11(8-13(16-4)17-10)14(19)18-12-5-6-20-15(2,3)9-12/h7-8,12H,5-6,9H2,1-4H3,(H,16,17)(H,18,19). The second-order valence-corrected chi connectivity index (χ2v) is 5.90. The van der Waals surface area contributed by atoms with Crippen LogP contribution in [0.2, 0.25) is 0 Å². The molecule has 1 saturated heterocycles. The number of ether oxygens (including phenoxy) is 1. The van der Waals surface area contributed by atoms with Crippen molar-refractivity contribution < 1.29 is 9.53 Å². The van der Waals surface area contributed by atoms with E-state index in [0.29, 0.717) is 18.0 Å². The van der Waals surface area contributed by atoms with Crippen LogP contribution in [0.3, 0.4) is 0 Å². The van der Waals surface area contributed by atoms with Gasteiger partial charge in [-0.1, -0.05) is 0 Å². The van der Waals surface area contributed by atoms with Crippen LogP contribution in [-0.2, 0) is 4.74 Å². The van der Waals surface area contributed by atoms with Crippen molar-refractivity contribution in [1.29, 1.82) is 0 Å². The molecular formula is C15H23N3O2. The Balaban J connectivity index is 2.06. The first-order chi connectivity index (χ1) is 9.39. The Morgan fingerprint density at radius 1 is 1.45 bits per heavy atom. The van der Waals surface area contributed by atoms with E-state index in [9.17, 15) is 4.79 Å². The maximum Gasteiger partial charge on any atom is 0.251 e. The maximum absolute atomic E-state index is 12.3. The van der Waals surface area contributed by atoms with Gasteiger partial charge in [-0.3, -0.25) is 4.79 Å². The summed E-state index contributed by atoms with van der Waals surface area (Å²) in [5.74, 6) is 0.664. The summed E-state index contributed by atoms with van der Waals surface area (Å²) < 4.78 is 5.67. The second kappa shape index (κ2) is 5.79. The number of carbonyl (C=O) groups is 1. The van der Waals surface area contributed by atoms with Gasteiger partial charge in [-0.15, -0.1) is 0 Å². The molecule has 2 N–H and O–H groups in total. The predicted molar refractivity (Wildman–Crippen MR) is 79.0 cm³/mol. The van der Waals surface area contributed by atoms with E-state index in [2.05, 4.69) is 29.5 Å². The van der Waals surface area contributed by atoms with Gasteiger partial charge in [-0.25, -0.2) is 4.98 Å². The lowest BCUT2D eigenvalue weighted by molar-refractivity contribution is -0.0615. The lowest BCUT2D eigenvalue weighted by Crippen LogP contribution is -2.45. The lowest BCUT2D eigenvalue weighted by Gasteiger charge is -2.35. The molecule has 0 aliphatic carbocycles. The molecule has 1 aromatic heterocycles. The number of nitrogens with one attached hydrogen (secondary N) is 2. The molecule has 1 unspecified atom stereocenters. The summed E-state index contributed by atoms with van der Waals surface area (Å²) in [4.78, 5) is 16.6. The smallest absolute Gasteiger partial charge is 0.251 e. The van der Waals surface area contributed by atoms with E-state index in [1.165, 1.54) is 0 Å². The fraction of sp³-hybridized carbons (Fsp3) is 0.600. The van der Waals surface area contributed by atoms with Crippen molar-refractivity contribution in [2.75, 3.05) is 19.0 Å². The highest BCUT2D eigenvalue weighted by Crippen LogP contribution is 2.24. The number of hydrogen-bond donors (Lipinski definition) is 2. The zero-order valence-corrected chi connectivity index (χ0v) is 12.6. The summed E-state index contributed by atoms with van der Waals surface area (Å²) >= 11 is 0. The van der Waals surface area contributed by atoms with E-state index in [0.717, 1.165) is 18.5 Å². The van der Waals surface area contributed by atoms with Crippen LogP contribution in [0, 0.1) is 6.92 Å². The van der Waals surface area contributed by atoms with Gasteiger partial charge in [-0.05, 0) is 45.7 Å². The number of amides is 1. The quantitative estimate of drug-likeness (QED) is 0.888. The largest absolute Gasteiger partial charge is 0.375 e. The van der Waals surface area contributed by atoms with Crippen molar-refractivity contribution in [3.8, 4) is 0 Å². The topological polar surface area (TPSA) is 63.2 Å². The number of hydrogen-bond acceptors (Lipinski definition) is 4. The van der Waals surface area contributed by atoms with Gasteiger partial charge < -0.3 is 15.4 Å². The van der Waals surface area contributed by atoms with Crippen molar-refractivity contribution in [3.63, 3.8) is 0 Å². The normalized spacial score (nSPS) is 21.3. The number of pyridine rings is 1. The summed E-state index contributed by atoms with van der Waals surface area (Å²) in [7, 11) is 1.80. The summed E-state index contributed by atoms with van der Waals surface area (Å²) in [5, 5.41) is 6.06. The first kappa shape index (κ1) is 14.8. The second-order valence-electron chi connectivity index (χ2n) is 5.90. The maximum atomic E-state index is 12.3. The van der Waals surface area contributed by atoms with Crippen molar-refractivity contribution in [1.82, 2.24) is 10.3 Å². The van der Waals surface area contributed by atoms with Crippen LogP contribution in [0.15, 0.2) is 12.1 Å². The molecule has 110 valence electrons. The molecule has 1 aromatic rings. The molecule has 0 saturated carbocycles. The minimum atomic E-state index is -0.166. The third-order valence-corrected chi connectivity index (χ3v) is 3.50. The molecule has 1 amide bonds. The van der Waals surface area contributed by atoms with Gasteiger partial charge in [0.2, 0.25) is 0 Å². The Labute approximate surface area is 120 Å². The molecule has 5 nitrogen and oxygen atoms in total. The Kier molecular flexibility index (Phi) is 4.28. The van der Waals surface area contributed by atoms with E-state index in [4.69, 9.17) is 4.74 Å².